The number of hydrogen-bond acceptors (Lipinski definition) is 6. The molecule has 2 aliphatic heterocycles. The van der Waals surface area contributed by atoms with Gasteiger partial charge in [0.1, 0.15) is 11.5 Å². The predicted octanol–water partition coefficient (Wildman–Crippen LogP) is 2.73. The molecule has 4 rings (SSSR count). The van der Waals surface area contributed by atoms with E-state index in [0.717, 1.165) is 31.7 Å². The molecule has 26 heavy (non-hydrogen) atoms. The second-order valence-electron chi connectivity index (χ2n) is 6.32. The Morgan fingerprint density at radius 3 is 2.38 bits per heavy atom. The van der Waals surface area contributed by atoms with E-state index in [1.165, 1.54) is 6.20 Å². The highest BCUT2D eigenvalue weighted by molar-refractivity contribution is 6.30. The van der Waals surface area contributed by atoms with Crippen LogP contribution in [0.25, 0.3) is 0 Å². The fraction of sp³-hybridized carbons (Fsp3) is 0.389. The molecule has 2 fully saturated rings. The molecule has 136 valence electrons. The van der Waals surface area contributed by atoms with E-state index >= 15 is 0 Å². The van der Waals surface area contributed by atoms with Crippen molar-refractivity contribution in [3.8, 4) is 0 Å². The molecule has 1 spiro atoms. The lowest BCUT2D eigenvalue weighted by Gasteiger charge is -2.37. The normalized spacial score (nSPS) is 18.9. The summed E-state index contributed by atoms with van der Waals surface area (Å²) in [4.78, 5) is 23.0. The molecular weight excluding hydrogens is 356 g/mol. The molecule has 0 radical (unpaired) electrons. The van der Waals surface area contributed by atoms with Gasteiger partial charge in [0.15, 0.2) is 5.79 Å². The Morgan fingerprint density at radius 1 is 1.08 bits per heavy atom. The molecule has 0 unspecified atom stereocenters. The van der Waals surface area contributed by atoms with Gasteiger partial charge in [0, 0.05) is 36.6 Å². The topological polar surface area (TPSA) is 76.6 Å². The molecule has 2 aromatic rings. The van der Waals surface area contributed by atoms with Crippen LogP contribution in [0.5, 0.6) is 0 Å². The van der Waals surface area contributed by atoms with Gasteiger partial charge in [-0.05, 0) is 24.3 Å². The van der Waals surface area contributed by atoms with E-state index in [0.29, 0.717) is 23.9 Å². The number of ether oxygens (including phenoxy) is 2. The Hall–Kier alpha value is -2.22. The number of rotatable bonds is 3. The van der Waals surface area contributed by atoms with E-state index in [4.69, 9.17) is 21.1 Å². The quantitative estimate of drug-likeness (QED) is 0.890. The smallest absolute Gasteiger partial charge is 0.275 e. The average molecular weight is 375 g/mol. The van der Waals surface area contributed by atoms with Crippen LogP contribution < -0.4 is 10.2 Å². The summed E-state index contributed by atoms with van der Waals surface area (Å²) in [7, 11) is 0. The van der Waals surface area contributed by atoms with Crippen LogP contribution in [-0.4, -0.2) is 48.0 Å². The second-order valence-corrected chi connectivity index (χ2v) is 6.75. The molecule has 1 N–H and O–H groups in total. The van der Waals surface area contributed by atoms with Crippen LogP contribution in [0.15, 0.2) is 36.7 Å². The number of anilines is 2. The molecule has 2 saturated heterocycles. The highest BCUT2D eigenvalue weighted by atomic mass is 35.5. The summed E-state index contributed by atoms with van der Waals surface area (Å²) >= 11 is 5.84. The van der Waals surface area contributed by atoms with E-state index < -0.39 is 5.79 Å². The van der Waals surface area contributed by atoms with Gasteiger partial charge in [0.2, 0.25) is 0 Å². The number of carbonyl (C=O) groups excluding carboxylic acids is 1. The number of hydrogen-bond donors (Lipinski definition) is 1. The SMILES string of the molecule is O=C(Nc1ccc(Cl)cc1)c1cnc(N2CCC3(CC2)OCCO3)cn1. The Balaban J connectivity index is 1.37. The zero-order chi connectivity index (χ0) is 18.0. The molecule has 0 bridgehead atoms. The van der Waals surface area contributed by atoms with Crippen LogP contribution >= 0.6 is 11.6 Å². The van der Waals surface area contributed by atoms with Gasteiger partial charge in [-0.15, -0.1) is 0 Å². The predicted molar refractivity (Wildman–Crippen MR) is 97.5 cm³/mol. The first-order chi connectivity index (χ1) is 12.6. The summed E-state index contributed by atoms with van der Waals surface area (Å²) in [5.41, 5.74) is 0.919. The van der Waals surface area contributed by atoms with Gasteiger partial charge in [-0.1, -0.05) is 11.6 Å². The third-order valence-electron chi connectivity index (χ3n) is 4.64. The maximum absolute atomic E-state index is 12.3. The fourth-order valence-electron chi connectivity index (χ4n) is 3.19. The lowest BCUT2D eigenvalue weighted by molar-refractivity contribution is -0.169. The third kappa shape index (κ3) is 3.65. The Morgan fingerprint density at radius 2 is 1.77 bits per heavy atom. The van der Waals surface area contributed by atoms with Crippen molar-refractivity contribution in [2.24, 2.45) is 0 Å². The van der Waals surface area contributed by atoms with Crippen LogP contribution in [0.1, 0.15) is 23.3 Å². The summed E-state index contributed by atoms with van der Waals surface area (Å²) in [5.74, 6) is 0.0279. The summed E-state index contributed by atoms with van der Waals surface area (Å²) in [5, 5.41) is 3.39. The van der Waals surface area contributed by atoms with Crippen molar-refractivity contribution < 1.29 is 14.3 Å². The van der Waals surface area contributed by atoms with Crippen molar-refractivity contribution in [3.05, 3.63) is 47.4 Å². The minimum absolute atomic E-state index is 0.264. The fourth-order valence-corrected chi connectivity index (χ4v) is 3.32. The van der Waals surface area contributed by atoms with Gasteiger partial charge in [0.25, 0.3) is 5.91 Å². The largest absolute Gasteiger partial charge is 0.355 e. The Labute approximate surface area is 156 Å². The highest BCUT2D eigenvalue weighted by Gasteiger charge is 2.40. The van der Waals surface area contributed by atoms with Gasteiger partial charge in [-0.3, -0.25) is 4.79 Å². The van der Waals surface area contributed by atoms with Crippen molar-refractivity contribution >= 4 is 29.0 Å². The highest BCUT2D eigenvalue weighted by Crippen LogP contribution is 2.32. The van der Waals surface area contributed by atoms with Crippen LogP contribution in [-0.2, 0) is 9.47 Å². The summed E-state index contributed by atoms with van der Waals surface area (Å²) in [6.07, 6.45) is 4.72. The molecule has 0 aliphatic carbocycles. The molecule has 2 aliphatic rings. The molecule has 8 heteroatoms. The lowest BCUT2D eigenvalue weighted by Crippen LogP contribution is -2.45. The van der Waals surface area contributed by atoms with Crippen molar-refractivity contribution in [2.45, 2.75) is 18.6 Å². The van der Waals surface area contributed by atoms with Crippen molar-refractivity contribution in [3.63, 3.8) is 0 Å². The van der Waals surface area contributed by atoms with Gasteiger partial charge < -0.3 is 19.7 Å². The number of amides is 1. The molecule has 1 amide bonds. The first-order valence-corrected chi connectivity index (χ1v) is 8.93. The maximum Gasteiger partial charge on any atom is 0.275 e. The van der Waals surface area contributed by atoms with Crippen LogP contribution in [0, 0.1) is 0 Å². The monoisotopic (exact) mass is 374 g/mol. The molecule has 1 aromatic heterocycles. The molecule has 3 heterocycles. The van der Waals surface area contributed by atoms with E-state index in [-0.39, 0.29) is 11.6 Å². The zero-order valence-corrected chi connectivity index (χ0v) is 14.9. The summed E-state index contributed by atoms with van der Waals surface area (Å²) in [6, 6.07) is 6.90. The van der Waals surface area contributed by atoms with E-state index in [1.807, 2.05) is 0 Å². The lowest BCUT2D eigenvalue weighted by atomic mass is 10.0. The first-order valence-electron chi connectivity index (χ1n) is 8.55. The van der Waals surface area contributed by atoms with Gasteiger partial charge in [0.05, 0.1) is 25.6 Å². The van der Waals surface area contributed by atoms with E-state index in [2.05, 4.69) is 20.2 Å². The van der Waals surface area contributed by atoms with Gasteiger partial charge >= 0.3 is 0 Å². The molecule has 1 aromatic carbocycles. The molecule has 7 nitrogen and oxygen atoms in total. The van der Waals surface area contributed by atoms with Gasteiger partial charge in [-0.2, -0.15) is 0 Å². The van der Waals surface area contributed by atoms with E-state index in [1.54, 1.807) is 30.5 Å². The number of benzene rings is 1. The van der Waals surface area contributed by atoms with E-state index in [9.17, 15) is 4.79 Å². The number of nitrogens with one attached hydrogen (secondary N) is 1. The zero-order valence-electron chi connectivity index (χ0n) is 14.2. The van der Waals surface area contributed by atoms with Crippen molar-refractivity contribution in [1.82, 2.24) is 9.97 Å². The number of carbonyl (C=O) groups is 1. The second kappa shape index (κ2) is 7.19. The Bertz CT molecular complexity index is 766. The van der Waals surface area contributed by atoms with Crippen molar-refractivity contribution in [2.75, 3.05) is 36.5 Å². The molecule has 0 saturated carbocycles. The number of nitrogens with zero attached hydrogens (tertiary/aromatic N) is 3. The number of halogens is 1. The molecule has 0 atom stereocenters. The first kappa shape index (κ1) is 17.2. The van der Waals surface area contributed by atoms with Crippen LogP contribution in [0.2, 0.25) is 5.02 Å². The van der Waals surface area contributed by atoms with Crippen molar-refractivity contribution in [1.29, 1.82) is 0 Å². The van der Waals surface area contributed by atoms with Gasteiger partial charge in [-0.25, -0.2) is 9.97 Å². The maximum atomic E-state index is 12.3. The summed E-state index contributed by atoms with van der Waals surface area (Å²) < 4.78 is 11.5. The number of piperidine rings is 1. The number of aromatic nitrogens is 2. The minimum atomic E-state index is -0.414. The van der Waals surface area contributed by atoms with Crippen LogP contribution in [0.4, 0.5) is 11.5 Å². The third-order valence-corrected chi connectivity index (χ3v) is 4.89. The summed E-state index contributed by atoms with van der Waals surface area (Å²) in [6.45, 7) is 2.89. The standard InChI is InChI=1S/C18H19ClN4O3/c19-13-1-3-14(4-2-13)22-17(24)15-11-21-16(12-20-15)23-7-5-18(6-8-23)25-9-10-26-18/h1-4,11-12H,5-10H2,(H,22,24). The van der Waals surface area contributed by atoms with Crippen LogP contribution in [0.3, 0.4) is 0 Å². The minimum Gasteiger partial charge on any atom is -0.355 e. The molecular formula is C18H19ClN4O3. The average Bonchev–Trinajstić information content (AvgIpc) is 3.12. The Kier molecular flexibility index (Phi) is 4.76.